The van der Waals surface area contributed by atoms with Gasteiger partial charge in [-0.15, -0.1) is 0 Å². The van der Waals surface area contributed by atoms with Crippen molar-refractivity contribution in [3.63, 3.8) is 0 Å². The molecule has 9 heteroatoms. The van der Waals surface area contributed by atoms with E-state index < -0.39 is 11.9 Å². The van der Waals surface area contributed by atoms with Crippen LogP contribution in [-0.2, 0) is 16.1 Å². The van der Waals surface area contributed by atoms with Crippen LogP contribution in [0.2, 0.25) is 0 Å². The van der Waals surface area contributed by atoms with Gasteiger partial charge in [-0.25, -0.2) is 0 Å². The average Bonchev–Trinajstić information content (AvgIpc) is 3.22. The molecule has 0 unspecified atom stereocenters. The quantitative estimate of drug-likeness (QED) is 0.368. The van der Waals surface area contributed by atoms with E-state index in [4.69, 9.17) is 9.47 Å². The molecule has 0 bridgehead atoms. The lowest BCUT2D eigenvalue weighted by molar-refractivity contribution is -0.137. The maximum Gasteiger partial charge on any atom is 0.323 e. The molecule has 192 valence electrons. The number of carboxylic acids is 1. The number of aromatic nitrogens is 1. The molecule has 0 saturated heterocycles. The summed E-state index contributed by atoms with van der Waals surface area (Å²) in [6.07, 6.45) is 2.68. The van der Waals surface area contributed by atoms with Crippen molar-refractivity contribution in [3.05, 3.63) is 53.7 Å². The van der Waals surface area contributed by atoms with Gasteiger partial charge < -0.3 is 29.4 Å². The van der Waals surface area contributed by atoms with E-state index in [2.05, 4.69) is 12.2 Å². The number of aryl methyl sites for hydroxylation is 1. The van der Waals surface area contributed by atoms with Crippen molar-refractivity contribution in [2.75, 3.05) is 32.2 Å². The van der Waals surface area contributed by atoms with E-state index in [1.165, 1.54) is 18.8 Å². The molecule has 0 saturated carbocycles. The number of fused-ring (bicyclic) bond motifs is 1. The van der Waals surface area contributed by atoms with Crippen molar-refractivity contribution in [1.82, 2.24) is 9.88 Å². The third-order valence-electron chi connectivity index (χ3n) is 5.92. The number of hydrogen-bond donors (Lipinski definition) is 2. The summed E-state index contributed by atoms with van der Waals surface area (Å²) in [4.78, 5) is 39.5. The minimum Gasteiger partial charge on any atom is -0.494 e. The fraction of sp³-hybridized carbons (Fsp3) is 0.370. The van der Waals surface area contributed by atoms with Gasteiger partial charge >= 0.3 is 5.97 Å². The van der Waals surface area contributed by atoms with Gasteiger partial charge in [0.05, 0.1) is 20.8 Å². The molecule has 36 heavy (non-hydrogen) atoms. The van der Waals surface area contributed by atoms with Crippen molar-refractivity contribution >= 4 is 34.4 Å². The Balaban J connectivity index is 1.88. The second-order valence-corrected chi connectivity index (χ2v) is 8.52. The predicted molar refractivity (Wildman–Crippen MR) is 138 cm³/mol. The number of amides is 2. The van der Waals surface area contributed by atoms with Crippen molar-refractivity contribution in [1.29, 1.82) is 0 Å². The van der Waals surface area contributed by atoms with E-state index in [1.54, 1.807) is 29.2 Å². The summed E-state index contributed by atoms with van der Waals surface area (Å²) < 4.78 is 12.6. The first-order valence-corrected chi connectivity index (χ1v) is 11.9. The van der Waals surface area contributed by atoms with Gasteiger partial charge in [-0.2, -0.15) is 0 Å². The SMILES string of the molecule is CCCCCN(C(=O)CNC(=O)c1cc2ccccc2n1CC(=O)O)c1c(OC)cc(C)cc1OC. The molecule has 1 aromatic heterocycles. The number of unbranched alkanes of at least 4 members (excludes halogenated alkanes) is 2. The molecule has 0 atom stereocenters. The van der Waals surface area contributed by atoms with Gasteiger partial charge in [0.15, 0.2) is 0 Å². The first-order valence-electron chi connectivity index (χ1n) is 11.9. The standard InChI is InChI=1S/C27H33N3O6/c1-5-6-9-12-29(26-22(35-3)13-18(2)14-23(26)36-4)24(31)16-28-27(34)21-15-19-10-7-8-11-20(19)30(21)17-25(32)33/h7-8,10-11,13-15H,5-6,9,12,16-17H2,1-4H3,(H,28,34)(H,32,33). The Morgan fingerprint density at radius 1 is 1.03 bits per heavy atom. The lowest BCUT2D eigenvalue weighted by Gasteiger charge is -2.27. The van der Waals surface area contributed by atoms with Gasteiger partial charge in [-0.3, -0.25) is 14.4 Å². The number of carboxylic acid groups (broad SMARTS) is 1. The van der Waals surface area contributed by atoms with Crippen LogP contribution < -0.4 is 19.7 Å². The Morgan fingerprint density at radius 2 is 1.69 bits per heavy atom. The number of hydrogen-bond acceptors (Lipinski definition) is 5. The zero-order valence-electron chi connectivity index (χ0n) is 21.2. The second kappa shape index (κ2) is 12.1. The first kappa shape index (κ1) is 26.6. The molecule has 0 aliphatic heterocycles. The summed E-state index contributed by atoms with van der Waals surface area (Å²) in [6.45, 7) is 3.77. The summed E-state index contributed by atoms with van der Waals surface area (Å²) in [7, 11) is 3.07. The van der Waals surface area contributed by atoms with Gasteiger partial charge in [-0.05, 0) is 43.2 Å². The first-order chi connectivity index (χ1) is 17.3. The van der Waals surface area contributed by atoms with Crippen LogP contribution in [-0.4, -0.2) is 54.8 Å². The summed E-state index contributed by atoms with van der Waals surface area (Å²) in [5, 5.41) is 12.8. The number of carbonyl (C=O) groups excluding carboxylic acids is 2. The Hall–Kier alpha value is -4.01. The molecule has 3 aromatic rings. The van der Waals surface area contributed by atoms with Crippen molar-refractivity contribution < 1.29 is 29.0 Å². The Morgan fingerprint density at radius 3 is 2.31 bits per heavy atom. The number of nitrogens with one attached hydrogen (secondary N) is 1. The highest BCUT2D eigenvalue weighted by Crippen LogP contribution is 2.39. The van der Waals surface area contributed by atoms with Crippen LogP contribution in [0.4, 0.5) is 5.69 Å². The highest BCUT2D eigenvalue weighted by atomic mass is 16.5. The highest BCUT2D eigenvalue weighted by molar-refractivity contribution is 6.03. The lowest BCUT2D eigenvalue weighted by Crippen LogP contribution is -2.41. The topological polar surface area (TPSA) is 110 Å². The zero-order chi connectivity index (χ0) is 26.2. The van der Waals surface area contributed by atoms with E-state index in [9.17, 15) is 19.5 Å². The van der Waals surface area contributed by atoms with Crippen LogP contribution in [0, 0.1) is 6.92 Å². The number of para-hydroxylation sites is 1. The molecule has 0 aliphatic rings. The number of aliphatic carboxylic acids is 1. The van der Waals surface area contributed by atoms with E-state index in [1.807, 2.05) is 25.1 Å². The number of nitrogens with zero attached hydrogens (tertiary/aromatic N) is 2. The van der Waals surface area contributed by atoms with Crippen LogP contribution in [0.3, 0.4) is 0 Å². The zero-order valence-corrected chi connectivity index (χ0v) is 21.2. The maximum atomic E-state index is 13.4. The minimum atomic E-state index is -1.07. The van der Waals surface area contributed by atoms with Gasteiger partial charge in [0.2, 0.25) is 5.91 Å². The number of carbonyl (C=O) groups is 3. The fourth-order valence-corrected chi connectivity index (χ4v) is 4.22. The van der Waals surface area contributed by atoms with Crippen LogP contribution >= 0.6 is 0 Å². The molecule has 0 fully saturated rings. The molecule has 2 N–H and O–H groups in total. The molecular weight excluding hydrogens is 462 g/mol. The van der Waals surface area contributed by atoms with E-state index in [-0.39, 0.29) is 24.7 Å². The molecule has 9 nitrogen and oxygen atoms in total. The molecular formula is C27H33N3O6. The fourth-order valence-electron chi connectivity index (χ4n) is 4.22. The molecule has 3 rings (SSSR count). The Bertz CT molecular complexity index is 1220. The second-order valence-electron chi connectivity index (χ2n) is 8.52. The van der Waals surface area contributed by atoms with Crippen LogP contribution in [0.5, 0.6) is 11.5 Å². The smallest absolute Gasteiger partial charge is 0.323 e. The summed E-state index contributed by atoms with van der Waals surface area (Å²) in [5.74, 6) is -0.922. The number of ether oxygens (including phenoxy) is 2. The lowest BCUT2D eigenvalue weighted by atomic mass is 10.1. The molecule has 0 aliphatic carbocycles. The Labute approximate surface area is 210 Å². The third-order valence-corrected chi connectivity index (χ3v) is 5.92. The molecule has 1 heterocycles. The third kappa shape index (κ3) is 5.97. The molecule has 2 amide bonds. The number of anilines is 1. The van der Waals surface area contributed by atoms with Gasteiger partial charge in [0, 0.05) is 17.4 Å². The monoisotopic (exact) mass is 495 g/mol. The number of benzene rings is 2. The summed E-state index contributed by atoms with van der Waals surface area (Å²) in [5.41, 5.74) is 2.25. The summed E-state index contributed by atoms with van der Waals surface area (Å²) >= 11 is 0. The van der Waals surface area contributed by atoms with Crippen molar-refractivity contribution in [2.45, 2.75) is 39.7 Å². The molecule has 2 aromatic carbocycles. The highest BCUT2D eigenvalue weighted by Gasteiger charge is 2.25. The van der Waals surface area contributed by atoms with Crippen molar-refractivity contribution in [2.24, 2.45) is 0 Å². The predicted octanol–water partition coefficient (Wildman–Crippen LogP) is 4.00. The van der Waals surface area contributed by atoms with E-state index in [0.29, 0.717) is 29.2 Å². The Kier molecular flexibility index (Phi) is 8.94. The van der Waals surface area contributed by atoms with Gasteiger partial charge in [0.1, 0.15) is 29.4 Å². The number of rotatable bonds is 12. The largest absolute Gasteiger partial charge is 0.494 e. The maximum absolute atomic E-state index is 13.4. The van der Waals surface area contributed by atoms with Crippen molar-refractivity contribution in [3.8, 4) is 11.5 Å². The number of methoxy groups -OCH3 is 2. The minimum absolute atomic E-state index is 0.175. The molecule has 0 radical (unpaired) electrons. The van der Waals surface area contributed by atoms with Crippen LogP contribution in [0.15, 0.2) is 42.5 Å². The van der Waals surface area contributed by atoms with Gasteiger partial charge in [0.25, 0.3) is 5.91 Å². The van der Waals surface area contributed by atoms with Crippen LogP contribution in [0.25, 0.3) is 10.9 Å². The van der Waals surface area contributed by atoms with Gasteiger partial charge in [-0.1, -0.05) is 38.0 Å². The summed E-state index contributed by atoms with van der Waals surface area (Å²) in [6, 6.07) is 12.5. The normalized spacial score (nSPS) is 10.8. The van der Waals surface area contributed by atoms with E-state index in [0.717, 1.165) is 30.2 Å². The van der Waals surface area contributed by atoms with E-state index >= 15 is 0 Å². The van der Waals surface area contributed by atoms with Crippen LogP contribution in [0.1, 0.15) is 42.2 Å². The molecule has 0 spiro atoms. The average molecular weight is 496 g/mol.